The lowest BCUT2D eigenvalue weighted by Gasteiger charge is -2.17. The van der Waals surface area contributed by atoms with Gasteiger partial charge in [-0.25, -0.2) is 9.59 Å². The number of ether oxygens (including phenoxy) is 11. The molecule has 0 heterocycles. The van der Waals surface area contributed by atoms with Gasteiger partial charge >= 0.3 is 48.0 Å². The second-order valence-corrected chi connectivity index (χ2v) is 19.3. The van der Waals surface area contributed by atoms with E-state index < -0.39 is 12.2 Å². The average molecular weight is 1120 g/mol. The number of carbonyl (C=O) groups excluding carboxylic acids is 8. The minimum atomic E-state index is -0.556. The molecule has 0 aromatic carbocycles. The fourth-order valence-corrected chi connectivity index (χ4v) is 6.84. The van der Waals surface area contributed by atoms with Crippen molar-refractivity contribution in [1.29, 1.82) is 0 Å². The second kappa shape index (κ2) is 52.8. The maximum Gasteiger partial charge on any atom is 0.407 e. The monoisotopic (exact) mass is 1120 g/mol. The van der Waals surface area contributed by atoms with Crippen LogP contribution in [0.4, 0.5) is 9.59 Å². The number of unbranched alkanes of at least 4 members (excludes halogenated alkanes) is 11. The number of rotatable bonds is 53. The van der Waals surface area contributed by atoms with Crippen LogP contribution >= 0.6 is 0 Å². The van der Waals surface area contributed by atoms with Gasteiger partial charge in [0.15, 0.2) is 0 Å². The third kappa shape index (κ3) is 54.5. The third-order valence-corrected chi connectivity index (χ3v) is 11.4. The van der Waals surface area contributed by atoms with Gasteiger partial charge in [-0.2, -0.15) is 0 Å². The fourth-order valence-electron chi connectivity index (χ4n) is 6.84. The van der Waals surface area contributed by atoms with Crippen LogP contribution in [0, 0.1) is 0 Å². The predicted octanol–water partition coefficient (Wildman–Crippen LogP) is 6.62. The highest BCUT2D eigenvalue weighted by Crippen LogP contribution is 2.09. The molecule has 0 saturated heterocycles. The number of nitrogens with one attached hydrogen (secondary N) is 2. The Balaban J connectivity index is 3.52. The summed E-state index contributed by atoms with van der Waals surface area (Å²) >= 11 is 0. The van der Waals surface area contributed by atoms with E-state index in [0.29, 0.717) is 97.5 Å². The van der Waals surface area contributed by atoms with Gasteiger partial charge in [0, 0.05) is 65.0 Å². The highest BCUT2D eigenvalue weighted by Gasteiger charge is 2.12. The molecule has 454 valence electrons. The quantitative estimate of drug-likeness (QED) is 0.0368. The summed E-state index contributed by atoms with van der Waals surface area (Å²) in [7, 11) is 3.77. The van der Waals surface area contributed by atoms with Crippen LogP contribution in [-0.2, 0) is 80.9 Å². The number of carbonyl (C=O) groups is 8. The predicted molar refractivity (Wildman–Crippen MR) is 289 cm³/mol. The zero-order valence-corrected chi connectivity index (χ0v) is 48.4. The number of alkyl carbamates (subject to hydrolysis) is 2. The molecule has 0 spiro atoms. The molecule has 0 fully saturated rings. The molecule has 0 saturated carbocycles. The molecule has 2 amide bonds. The van der Waals surface area contributed by atoms with Crippen LogP contribution in [0.1, 0.15) is 163 Å². The van der Waals surface area contributed by atoms with E-state index in [1.165, 1.54) is 0 Å². The maximum atomic E-state index is 12.0. The summed E-state index contributed by atoms with van der Waals surface area (Å²) in [5.74, 6) is -1.84. The average Bonchev–Trinajstić information content (AvgIpc) is 3.39. The standard InChI is InChI=1S/C55H100N4O19/c1-46(2)69-36-32-58(5)30-26-53(65)76-44-45-78-55(67)57-29-19-12-7-9-14-22-48(60)71-34-20-13-16-24-50(62)73-40-38-68-39-41-74-51(63)25-17-21-35-77-54(66)56-28-18-11-8-10-15-23-49(61)72-37-33-59(6)31-27-52(64)75-43-42-70-47(3)4/h46-47H,7-45H2,1-6H3,(H,56,66)(H,57,67). The number of esters is 6. The summed E-state index contributed by atoms with van der Waals surface area (Å²) < 4.78 is 57.6. The molecular weight excluding hydrogens is 1020 g/mol. The SMILES string of the molecule is CC(C)OCCOC(=O)CCN(C)CCOC(=O)CCCCCCCNC(=O)OCCCCC(=O)OCCOCCOC(=O)CCCCCOC(=O)CCCCCCCNC(=O)OCCOC(=O)CCN(C)CCOC(C)C. The van der Waals surface area contributed by atoms with Crippen LogP contribution in [0.2, 0.25) is 0 Å². The lowest BCUT2D eigenvalue weighted by atomic mass is 10.1. The summed E-state index contributed by atoms with van der Waals surface area (Å²) in [5, 5.41) is 5.40. The lowest BCUT2D eigenvalue weighted by Crippen LogP contribution is -2.28. The van der Waals surface area contributed by atoms with Crippen LogP contribution in [-0.4, -0.2) is 203 Å². The molecule has 0 unspecified atom stereocenters. The largest absolute Gasteiger partial charge is 0.466 e. The van der Waals surface area contributed by atoms with Gasteiger partial charge in [-0.05, 0) is 99.6 Å². The van der Waals surface area contributed by atoms with Gasteiger partial charge in [0.1, 0.15) is 39.6 Å². The van der Waals surface area contributed by atoms with Crippen molar-refractivity contribution in [2.24, 2.45) is 0 Å². The zero-order chi connectivity index (χ0) is 57.7. The van der Waals surface area contributed by atoms with Gasteiger partial charge in [-0.15, -0.1) is 0 Å². The second-order valence-electron chi connectivity index (χ2n) is 19.3. The molecular formula is C55H100N4O19. The summed E-state index contributed by atoms with van der Waals surface area (Å²) in [4.78, 5) is 99.4. The number of likely N-dealkylation sites (N-methyl/N-ethyl adjacent to an activating group) is 2. The molecule has 0 atom stereocenters. The minimum Gasteiger partial charge on any atom is -0.466 e. The number of hydrogen-bond acceptors (Lipinski definition) is 21. The Morgan fingerprint density at radius 1 is 0.308 bits per heavy atom. The van der Waals surface area contributed by atoms with Gasteiger partial charge < -0.3 is 72.5 Å². The summed E-state index contributed by atoms with van der Waals surface area (Å²) in [6, 6.07) is 0. The number of nitrogens with zero attached hydrogens (tertiary/aromatic N) is 2. The first-order valence-corrected chi connectivity index (χ1v) is 28.5. The van der Waals surface area contributed by atoms with Gasteiger partial charge in [0.25, 0.3) is 0 Å². The molecule has 0 radical (unpaired) electrons. The number of amides is 2. The normalized spacial score (nSPS) is 11.2. The third-order valence-electron chi connectivity index (χ3n) is 11.4. The van der Waals surface area contributed by atoms with Crippen LogP contribution in [0.15, 0.2) is 0 Å². The molecule has 0 aliphatic carbocycles. The lowest BCUT2D eigenvalue weighted by molar-refractivity contribution is -0.148. The van der Waals surface area contributed by atoms with Crippen molar-refractivity contribution in [2.45, 2.75) is 175 Å². The molecule has 0 aliphatic heterocycles. The number of hydrogen-bond donors (Lipinski definition) is 2. The topological polar surface area (TPSA) is 269 Å². The highest BCUT2D eigenvalue weighted by molar-refractivity contribution is 5.71. The Hall–Kier alpha value is -4.84. The van der Waals surface area contributed by atoms with Crippen LogP contribution < -0.4 is 10.6 Å². The van der Waals surface area contributed by atoms with Crippen molar-refractivity contribution in [3.8, 4) is 0 Å². The van der Waals surface area contributed by atoms with Gasteiger partial charge in [-0.1, -0.05) is 38.5 Å². The van der Waals surface area contributed by atoms with Gasteiger partial charge in [0.05, 0.1) is 64.7 Å². The Kier molecular flexibility index (Phi) is 49.6. The van der Waals surface area contributed by atoms with Crippen molar-refractivity contribution < 1.29 is 90.5 Å². The first-order valence-electron chi connectivity index (χ1n) is 28.5. The van der Waals surface area contributed by atoms with E-state index in [1.54, 1.807) is 0 Å². The fraction of sp³-hybridized carbons (Fsp3) is 0.855. The van der Waals surface area contributed by atoms with E-state index in [1.807, 2.05) is 51.6 Å². The molecule has 0 bridgehead atoms. The summed E-state index contributed by atoms with van der Waals surface area (Å²) in [6.45, 7) is 13.5. The Morgan fingerprint density at radius 2 is 0.615 bits per heavy atom. The molecule has 23 nitrogen and oxygen atoms in total. The van der Waals surface area contributed by atoms with E-state index in [2.05, 4.69) is 10.6 Å². The van der Waals surface area contributed by atoms with Crippen molar-refractivity contribution in [3.63, 3.8) is 0 Å². The minimum absolute atomic E-state index is 0.00447. The molecule has 0 aromatic rings. The van der Waals surface area contributed by atoms with E-state index in [0.717, 1.165) is 70.8 Å². The summed E-state index contributed by atoms with van der Waals surface area (Å²) in [5.41, 5.74) is 0. The molecule has 2 N–H and O–H groups in total. The smallest absolute Gasteiger partial charge is 0.407 e. The Bertz CT molecular complexity index is 1570. The maximum absolute atomic E-state index is 12.0. The Labute approximate surface area is 465 Å². The highest BCUT2D eigenvalue weighted by atomic mass is 16.6. The molecule has 0 aromatic heterocycles. The molecule has 0 rings (SSSR count). The van der Waals surface area contributed by atoms with Crippen LogP contribution in [0.25, 0.3) is 0 Å². The van der Waals surface area contributed by atoms with E-state index >= 15 is 0 Å². The van der Waals surface area contributed by atoms with Crippen LogP contribution in [0.5, 0.6) is 0 Å². The van der Waals surface area contributed by atoms with Crippen molar-refractivity contribution >= 4 is 48.0 Å². The van der Waals surface area contributed by atoms with Gasteiger partial charge in [-0.3, -0.25) is 28.8 Å². The van der Waals surface area contributed by atoms with Crippen LogP contribution in [0.3, 0.4) is 0 Å². The van der Waals surface area contributed by atoms with E-state index in [-0.39, 0.29) is 133 Å². The van der Waals surface area contributed by atoms with Crippen molar-refractivity contribution in [1.82, 2.24) is 20.4 Å². The van der Waals surface area contributed by atoms with Gasteiger partial charge in [0.2, 0.25) is 0 Å². The Morgan fingerprint density at radius 3 is 1.10 bits per heavy atom. The molecule has 23 heteroatoms. The van der Waals surface area contributed by atoms with Crippen molar-refractivity contribution in [3.05, 3.63) is 0 Å². The van der Waals surface area contributed by atoms with Crippen molar-refractivity contribution in [2.75, 3.05) is 133 Å². The van der Waals surface area contributed by atoms with E-state index in [4.69, 9.17) is 52.1 Å². The molecule has 0 aliphatic rings. The zero-order valence-electron chi connectivity index (χ0n) is 48.4. The first kappa shape index (κ1) is 73.2. The molecule has 78 heavy (non-hydrogen) atoms. The first-order chi connectivity index (χ1) is 37.6. The summed E-state index contributed by atoms with van der Waals surface area (Å²) in [6.07, 6.45) is 12.2. The van der Waals surface area contributed by atoms with E-state index in [9.17, 15) is 38.4 Å².